The van der Waals surface area contributed by atoms with Crippen molar-refractivity contribution in [1.29, 1.82) is 0 Å². The fourth-order valence-electron chi connectivity index (χ4n) is 4.74. The van der Waals surface area contributed by atoms with Crippen molar-refractivity contribution in [3.05, 3.63) is 88.2 Å². The van der Waals surface area contributed by atoms with E-state index < -0.39 is 0 Å². The van der Waals surface area contributed by atoms with E-state index in [-0.39, 0.29) is 29.6 Å². The Bertz CT molecular complexity index is 1180. The predicted octanol–water partition coefficient (Wildman–Crippen LogP) is 4.44. The molecule has 164 valence electrons. The first kappa shape index (κ1) is 20.4. The number of fused-ring (bicyclic) bond motifs is 2. The van der Waals surface area contributed by atoms with Crippen LogP contribution in [-0.4, -0.2) is 23.6 Å². The highest BCUT2D eigenvalue weighted by atomic mass is 19.1. The summed E-state index contributed by atoms with van der Waals surface area (Å²) >= 11 is 0. The minimum Gasteiger partial charge on any atom is -0.508 e. The first-order chi connectivity index (χ1) is 15.5. The van der Waals surface area contributed by atoms with Gasteiger partial charge < -0.3 is 21.1 Å². The molecule has 0 spiro atoms. The minimum absolute atomic E-state index is 0.0399. The van der Waals surface area contributed by atoms with Crippen molar-refractivity contribution in [2.24, 2.45) is 0 Å². The van der Waals surface area contributed by atoms with Gasteiger partial charge in [0, 0.05) is 30.4 Å². The van der Waals surface area contributed by atoms with Crippen molar-refractivity contribution in [3.8, 4) is 5.75 Å². The first-order valence-corrected chi connectivity index (χ1v) is 11.0. The Morgan fingerprint density at radius 3 is 2.69 bits per heavy atom. The van der Waals surface area contributed by atoms with Gasteiger partial charge in [-0.2, -0.15) is 0 Å². The van der Waals surface area contributed by atoms with Crippen LogP contribution in [0.1, 0.15) is 40.3 Å². The van der Waals surface area contributed by atoms with Gasteiger partial charge >= 0.3 is 0 Å². The zero-order valence-electron chi connectivity index (χ0n) is 17.9. The Hall–Kier alpha value is -3.54. The SMILES string of the molecule is Cc1cc(O)cc2c1CC(C(=O)NC1CCNc3ccc(Cc4ccc(F)cc4)cc31)N2. The average Bonchev–Trinajstić information content (AvgIpc) is 3.20. The van der Waals surface area contributed by atoms with Crippen LogP contribution in [0.15, 0.2) is 54.6 Å². The number of aromatic hydroxyl groups is 1. The molecule has 0 aromatic heterocycles. The third-order valence-electron chi connectivity index (χ3n) is 6.39. The molecule has 4 N–H and O–H groups in total. The summed E-state index contributed by atoms with van der Waals surface area (Å²) in [6.07, 6.45) is 2.12. The molecule has 0 radical (unpaired) electrons. The molecule has 5 nitrogen and oxygen atoms in total. The lowest BCUT2D eigenvalue weighted by Crippen LogP contribution is -2.42. The van der Waals surface area contributed by atoms with Gasteiger partial charge in [0.25, 0.3) is 0 Å². The minimum atomic E-state index is -0.355. The van der Waals surface area contributed by atoms with E-state index in [1.165, 1.54) is 12.1 Å². The van der Waals surface area contributed by atoms with E-state index in [1.807, 2.05) is 6.92 Å². The molecule has 0 aliphatic carbocycles. The summed E-state index contributed by atoms with van der Waals surface area (Å²) in [6, 6.07) is 15.8. The van der Waals surface area contributed by atoms with Crippen LogP contribution in [0.4, 0.5) is 15.8 Å². The second-order valence-corrected chi connectivity index (χ2v) is 8.69. The summed E-state index contributed by atoms with van der Waals surface area (Å²) in [5.74, 6) is -0.0723. The van der Waals surface area contributed by atoms with Crippen molar-refractivity contribution >= 4 is 17.3 Å². The third-order valence-corrected chi connectivity index (χ3v) is 6.39. The number of amides is 1. The average molecular weight is 432 g/mol. The van der Waals surface area contributed by atoms with Gasteiger partial charge in [-0.3, -0.25) is 4.79 Å². The zero-order chi connectivity index (χ0) is 22.2. The van der Waals surface area contributed by atoms with Crippen molar-refractivity contribution in [3.63, 3.8) is 0 Å². The van der Waals surface area contributed by atoms with Crippen molar-refractivity contribution < 1.29 is 14.3 Å². The van der Waals surface area contributed by atoms with Crippen LogP contribution in [0.5, 0.6) is 5.75 Å². The number of anilines is 2. The van der Waals surface area contributed by atoms with Gasteiger partial charge in [-0.25, -0.2) is 4.39 Å². The molecule has 2 heterocycles. The molecule has 0 fully saturated rings. The van der Waals surface area contributed by atoms with Crippen molar-refractivity contribution in [2.75, 3.05) is 17.2 Å². The highest BCUT2D eigenvalue weighted by molar-refractivity contribution is 5.88. The number of carbonyl (C=O) groups excluding carboxylic acids is 1. The molecule has 0 bridgehead atoms. The molecule has 3 aromatic rings. The number of carbonyl (C=O) groups is 1. The highest BCUT2D eigenvalue weighted by Gasteiger charge is 2.31. The van der Waals surface area contributed by atoms with Crippen LogP contribution in [0.25, 0.3) is 0 Å². The molecule has 6 heteroatoms. The summed E-state index contributed by atoms with van der Waals surface area (Å²) in [5, 5.41) is 19.8. The van der Waals surface area contributed by atoms with Crippen LogP contribution < -0.4 is 16.0 Å². The van der Waals surface area contributed by atoms with E-state index in [1.54, 1.807) is 24.3 Å². The lowest BCUT2D eigenvalue weighted by atomic mass is 9.93. The lowest BCUT2D eigenvalue weighted by Gasteiger charge is -2.29. The van der Waals surface area contributed by atoms with E-state index in [9.17, 15) is 14.3 Å². The summed E-state index contributed by atoms with van der Waals surface area (Å²) in [5.41, 5.74) is 7.17. The monoisotopic (exact) mass is 431 g/mol. The van der Waals surface area contributed by atoms with Gasteiger partial charge in [-0.15, -0.1) is 0 Å². The van der Waals surface area contributed by atoms with Crippen LogP contribution >= 0.6 is 0 Å². The lowest BCUT2D eigenvalue weighted by molar-refractivity contribution is -0.122. The fraction of sp³-hybridized carbons (Fsp3) is 0.269. The Morgan fingerprint density at radius 2 is 1.88 bits per heavy atom. The molecule has 2 atom stereocenters. The number of phenols is 1. The maximum Gasteiger partial charge on any atom is 0.243 e. The zero-order valence-corrected chi connectivity index (χ0v) is 17.9. The topological polar surface area (TPSA) is 73.4 Å². The van der Waals surface area contributed by atoms with Crippen molar-refractivity contribution in [2.45, 2.75) is 38.3 Å². The number of phenolic OH excluding ortho intramolecular Hbond substituents is 1. The van der Waals surface area contributed by atoms with Gasteiger partial charge in [-0.05, 0) is 71.8 Å². The Balaban J connectivity index is 1.32. The van der Waals surface area contributed by atoms with E-state index in [0.717, 1.165) is 52.2 Å². The van der Waals surface area contributed by atoms with Crippen molar-refractivity contribution in [1.82, 2.24) is 5.32 Å². The summed E-state index contributed by atoms with van der Waals surface area (Å²) < 4.78 is 13.2. The maximum absolute atomic E-state index is 13.2. The molecule has 0 saturated carbocycles. The Kier molecular flexibility index (Phi) is 5.21. The van der Waals surface area contributed by atoms with Gasteiger partial charge in [0.15, 0.2) is 0 Å². The van der Waals surface area contributed by atoms with E-state index in [2.05, 4.69) is 34.1 Å². The number of hydrogen-bond donors (Lipinski definition) is 4. The Labute approximate surface area is 186 Å². The second-order valence-electron chi connectivity index (χ2n) is 8.69. The molecule has 2 aliphatic heterocycles. The van der Waals surface area contributed by atoms with Crippen LogP contribution in [0.2, 0.25) is 0 Å². The van der Waals surface area contributed by atoms with Gasteiger partial charge in [0.2, 0.25) is 5.91 Å². The molecule has 2 aliphatic rings. The first-order valence-electron chi connectivity index (χ1n) is 11.0. The second kappa shape index (κ2) is 8.19. The molecule has 32 heavy (non-hydrogen) atoms. The Morgan fingerprint density at radius 1 is 1.09 bits per heavy atom. The van der Waals surface area contributed by atoms with E-state index >= 15 is 0 Å². The number of rotatable bonds is 4. The maximum atomic E-state index is 13.2. The molecular weight excluding hydrogens is 405 g/mol. The smallest absolute Gasteiger partial charge is 0.243 e. The van der Waals surface area contributed by atoms with Gasteiger partial charge in [0.1, 0.15) is 17.6 Å². The number of aryl methyl sites for hydroxylation is 1. The number of hydrogen-bond acceptors (Lipinski definition) is 4. The molecule has 1 amide bonds. The quantitative estimate of drug-likeness (QED) is 0.493. The normalized spacial score (nSPS) is 18.8. The predicted molar refractivity (Wildman–Crippen MR) is 124 cm³/mol. The largest absolute Gasteiger partial charge is 0.508 e. The number of nitrogens with one attached hydrogen (secondary N) is 3. The van der Waals surface area contributed by atoms with Crippen LogP contribution in [0.3, 0.4) is 0 Å². The molecule has 5 rings (SSSR count). The summed E-state index contributed by atoms with van der Waals surface area (Å²) in [6.45, 7) is 2.74. The number of halogens is 1. The standard InChI is InChI=1S/C26H26FN3O2/c1-15-10-19(31)13-24-20(15)14-25(29-24)26(32)30-23-8-9-28-22-7-4-17(12-21(22)23)11-16-2-5-18(27)6-3-16/h2-7,10,12-13,23,25,28-29,31H,8-9,11,14H2,1H3,(H,30,32). The van der Waals surface area contributed by atoms with Crippen LogP contribution in [0, 0.1) is 12.7 Å². The molecule has 3 aromatic carbocycles. The summed E-state index contributed by atoms with van der Waals surface area (Å²) in [4.78, 5) is 13.1. The molecule has 2 unspecified atom stereocenters. The van der Waals surface area contributed by atoms with Gasteiger partial charge in [0.05, 0.1) is 6.04 Å². The number of benzene rings is 3. The van der Waals surface area contributed by atoms with Gasteiger partial charge in [-0.1, -0.05) is 24.3 Å². The van der Waals surface area contributed by atoms with E-state index in [4.69, 9.17) is 0 Å². The van der Waals surface area contributed by atoms with Crippen LogP contribution in [-0.2, 0) is 17.6 Å². The third kappa shape index (κ3) is 4.00. The van der Waals surface area contributed by atoms with E-state index in [0.29, 0.717) is 12.8 Å². The fourth-order valence-corrected chi connectivity index (χ4v) is 4.74. The highest BCUT2D eigenvalue weighted by Crippen LogP contribution is 2.34. The summed E-state index contributed by atoms with van der Waals surface area (Å²) in [7, 11) is 0. The molecule has 0 saturated heterocycles. The molecular formula is C26H26FN3O2.